The van der Waals surface area contributed by atoms with Crippen molar-refractivity contribution in [1.82, 2.24) is 9.55 Å². The molecular formula is C23H21ClN4O3S. The average Bonchev–Trinajstić information content (AvgIpc) is 3.04. The number of amides is 1. The smallest absolute Gasteiger partial charge is 0.262 e. The quantitative estimate of drug-likeness (QED) is 0.435. The molecule has 7 nitrogen and oxygen atoms in total. The number of nitrogens with one attached hydrogen (secondary N) is 2. The maximum atomic E-state index is 12.9. The molecule has 4 aromatic rings. The zero-order chi connectivity index (χ0) is 23.0. The Bertz CT molecular complexity index is 1440. The first kappa shape index (κ1) is 21.9. The number of carbonyl (C=O) groups is 1. The van der Waals surface area contributed by atoms with Crippen LogP contribution in [-0.4, -0.2) is 23.9 Å². The highest BCUT2D eigenvalue weighted by atomic mass is 35.5. The van der Waals surface area contributed by atoms with Crippen LogP contribution < -0.4 is 10.0 Å². The molecule has 0 aliphatic heterocycles. The molecule has 3 aromatic carbocycles. The fourth-order valence-electron chi connectivity index (χ4n) is 3.36. The van der Waals surface area contributed by atoms with Crippen LogP contribution >= 0.6 is 11.6 Å². The molecule has 9 heteroatoms. The lowest BCUT2D eigenvalue weighted by atomic mass is 10.1. The third-order valence-corrected chi connectivity index (χ3v) is 6.97. The van der Waals surface area contributed by atoms with Crippen LogP contribution in [0.1, 0.15) is 21.7 Å². The number of nitrogens with zero attached hydrogens (tertiary/aromatic N) is 2. The molecule has 1 aromatic heterocycles. The van der Waals surface area contributed by atoms with Crippen molar-refractivity contribution < 1.29 is 13.2 Å². The molecule has 0 saturated carbocycles. The maximum Gasteiger partial charge on any atom is 0.262 e. The second-order valence-electron chi connectivity index (χ2n) is 7.47. The van der Waals surface area contributed by atoms with Gasteiger partial charge >= 0.3 is 0 Å². The molecule has 0 aliphatic rings. The molecule has 32 heavy (non-hydrogen) atoms. The number of rotatable bonds is 5. The van der Waals surface area contributed by atoms with Crippen LogP contribution in [0.25, 0.3) is 11.0 Å². The molecule has 1 heterocycles. The molecule has 164 valence electrons. The van der Waals surface area contributed by atoms with Crippen molar-refractivity contribution in [3.05, 3.63) is 82.6 Å². The predicted molar refractivity (Wildman–Crippen MR) is 127 cm³/mol. The van der Waals surface area contributed by atoms with Crippen LogP contribution in [0.5, 0.6) is 0 Å². The minimum Gasteiger partial charge on any atom is -0.331 e. The predicted octanol–water partition coefficient (Wildman–Crippen LogP) is 4.90. The number of halogens is 1. The van der Waals surface area contributed by atoms with E-state index in [4.69, 9.17) is 11.6 Å². The minimum atomic E-state index is -3.87. The van der Waals surface area contributed by atoms with Crippen molar-refractivity contribution in [2.45, 2.75) is 18.7 Å². The number of imidazole rings is 1. The molecule has 0 bridgehead atoms. The molecule has 0 saturated heterocycles. The summed E-state index contributed by atoms with van der Waals surface area (Å²) < 4.78 is 30.3. The van der Waals surface area contributed by atoms with Crippen LogP contribution in [0.4, 0.5) is 11.4 Å². The van der Waals surface area contributed by atoms with Gasteiger partial charge in [0.2, 0.25) is 0 Å². The zero-order valence-corrected chi connectivity index (χ0v) is 19.3. The monoisotopic (exact) mass is 468 g/mol. The van der Waals surface area contributed by atoms with Gasteiger partial charge in [0, 0.05) is 29.0 Å². The van der Waals surface area contributed by atoms with E-state index < -0.39 is 10.0 Å². The van der Waals surface area contributed by atoms with E-state index in [1.807, 2.05) is 24.6 Å². The topological polar surface area (TPSA) is 93.1 Å². The van der Waals surface area contributed by atoms with E-state index >= 15 is 0 Å². The van der Waals surface area contributed by atoms with E-state index in [0.29, 0.717) is 27.5 Å². The lowest BCUT2D eigenvalue weighted by molar-refractivity contribution is 0.102. The first-order chi connectivity index (χ1) is 15.1. The Balaban J connectivity index is 1.59. The highest BCUT2D eigenvalue weighted by molar-refractivity contribution is 7.92. The number of anilines is 2. The number of fused-ring (bicyclic) bond motifs is 1. The van der Waals surface area contributed by atoms with Gasteiger partial charge in [0.15, 0.2) is 0 Å². The van der Waals surface area contributed by atoms with Crippen molar-refractivity contribution in [3.63, 3.8) is 0 Å². The Hall–Kier alpha value is -3.36. The van der Waals surface area contributed by atoms with E-state index in [1.165, 1.54) is 6.07 Å². The summed E-state index contributed by atoms with van der Waals surface area (Å²) in [6, 6.07) is 16.4. The number of hydrogen-bond donors (Lipinski definition) is 2. The number of hydrogen-bond acceptors (Lipinski definition) is 4. The fraction of sp³-hybridized carbons (Fsp3) is 0.130. The van der Waals surface area contributed by atoms with E-state index in [1.54, 1.807) is 55.5 Å². The summed E-state index contributed by atoms with van der Waals surface area (Å²) in [5.74, 6) is 0.493. The summed E-state index contributed by atoms with van der Waals surface area (Å²) in [5.41, 5.74) is 3.39. The standard InChI is InChI=1S/C23H21ClN4O3S/c1-14-4-8-19(13-22(14)32(30,31)27-18-9-6-17(24)7-10-18)26-23(29)16-5-11-21-20(12-16)25-15(2)28(21)3/h4-13,27H,1-3H3,(H,26,29). The first-order valence-electron chi connectivity index (χ1n) is 9.77. The van der Waals surface area contributed by atoms with Gasteiger partial charge in [-0.15, -0.1) is 0 Å². The third-order valence-electron chi connectivity index (χ3n) is 5.20. The van der Waals surface area contributed by atoms with Gasteiger partial charge < -0.3 is 9.88 Å². The summed E-state index contributed by atoms with van der Waals surface area (Å²) in [6.07, 6.45) is 0. The molecule has 2 N–H and O–H groups in total. The molecule has 0 spiro atoms. The van der Waals surface area contributed by atoms with Crippen molar-refractivity contribution in [1.29, 1.82) is 0 Å². The molecule has 0 radical (unpaired) electrons. The minimum absolute atomic E-state index is 0.0704. The molecule has 1 amide bonds. The molecule has 0 unspecified atom stereocenters. The van der Waals surface area contributed by atoms with Gasteiger partial charge in [-0.1, -0.05) is 17.7 Å². The Morgan fingerprint density at radius 2 is 1.66 bits per heavy atom. The summed E-state index contributed by atoms with van der Waals surface area (Å²) in [5, 5.41) is 3.28. The second-order valence-corrected chi connectivity index (χ2v) is 9.56. The van der Waals surface area contributed by atoms with Crippen LogP contribution in [0.15, 0.2) is 65.6 Å². The summed E-state index contributed by atoms with van der Waals surface area (Å²) >= 11 is 5.86. The summed E-state index contributed by atoms with van der Waals surface area (Å²) in [4.78, 5) is 17.3. The number of carbonyl (C=O) groups excluding carboxylic acids is 1. The van der Waals surface area contributed by atoms with E-state index in [0.717, 1.165) is 16.9 Å². The number of aromatic nitrogens is 2. The molecule has 0 aliphatic carbocycles. The highest BCUT2D eigenvalue weighted by Crippen LogP contribution is 2.24. The van der Waals surface area contributed by atoms with Gasteiger partial charge in [-0.25, -0.2) is 13.4 Å². The SMILES string of the molecule is Cc1ccc(NC(=O)c2ccc3c(c2)nc(C)n3C)cc1S(=O)(=O)Nc1ccc(Cl)cc1. The van der Waals surface area contributed by atoms with Crippen molar-refractivity contribution in [2.75, 3.05) is 10.0 Å². The fourth-order valence-corrected chi connectivity index (χ4v) is 4.82. The van der Waals surface area contributed by atoms with Gasteiger partial charge in [0.1, 0.15) is 5.82 Å². The largest absolute Gasteiger partial charge is 0.331 e. The summed E-state index contributed by atoms with van der Waals surface area (Å²) in [7, 11) is -1.95. The average molecular weight is 469 g/mol. The van der Waals surface area contributed by atoms with Crippen LogP contribution in [0.2, 0.25) is 5.02 Å². The van der Waals surface area contributed by atoms with Crippen molar-refractivity contribution >= 4 is 49.9 Å². The van der Waals surface area contributed by atoms with Gasteiger partial charge in [-0.3, -0.25) is 9.52 Å². The van der Waals surface area contributed by atoms with E-state index in [9.17, 15) is 13.2 Å². The van der Waals surface area contributed by atoms with Crippen molar-refractivity contribution in [3.8, 4) is 0 Å². The van der Waals surface area contributed by atoms with Crippen molar-refractivity contribution in [2.24, 2.45) is 7.05 Å². The zero-order valence-electron chi connectivity index (χ0n) is 17.7. The first-order valence-corrected chi connectivity index (χ1v) is 11.6. The number of sulfonamides is 1. The van der Waals surface area contributed by atoms with Gasteiger partial charge in [0.25, 0.3) is 15.9 Å². The second kappa shape index (κ2) is 8.29. The lowest BCUT2D eigenvalue weighted by Gasteiger charge is -2.13. The molecule has 4 rings (SSSR count). The number of aryl methyl sites for hydroxylation is 3. The van der Waals surface area contributed by atoms with Gasteiger partial charge in [0.05, 0.1) is 15.9 Å². The van der Waals surface area contributed by atoms with Crippen LogP contribution in [0.3, 0.4) is 0 Å². The Morgan fingerprint density at radius 3 is 2.38 bits per heavy atom. The maximum absolute atomic E-state index is 12.9. The van der Waals surface area contributed by atoms with Crippen LogP contribution in [0, 0.1) is 13.8 Å². The Labute approximate surface area is 191 Å². The lowest BCUT2D eigenvalue weighted by Crippen LogP contribution is -2.16. The van der Waals surface area contributed by atoms with E-state index in [-0.39, 0.29) is 10.8 Å². The highest BCUT2D eigenvalue weighted by Gasteiger charge is 2.19. The normalized spacial score (nSPS) is 11.5. The molecular weight excluding hydrogens is 448 g/mol. The Kier molecular flexibility index (Phi) is 5.66. The molecule has 0 atom stereocenters. The van der Waals surface area contributed by atoms with Gasteiger partial charge in [-0.05, 0) is 74.0 Å². The van der Waals surface area contributed by atoms with Crippen LogP contribution in [-0.2, 0) is 17.1 Å². The third kappa shape index (κ3) is 4.32. The summed E-state index contributed by atoms with van der Waals surface area (Å²) in [6.45, 7) is 3.59. The van der Waals surface area contributed by atoms with Gasteiger partial charge in [-0.2, -0.15) is 0 Å². The Morgan fingerprint density at radius 1 is 0.969 bits per heavy atom. The van der Waals surface area contributed by atoms with E-state index in [2.05, 4.69) is 15.0 Å². The number of benzene rings is 3. The molecule has 0 fully saturated rings.